The number of methoxy groups -OCH3 is 1. The van der Waals surface area contributed by atoms with Crippen LogP contribution in [0.15, 0.2) is 34.8 Å². The highest BCUT2D eigenvalue weighted by molar-refractivity contribution is 9.10. The third kappa shape index (κ3) is 6.74. The molecule has 0 atom stereocenters. The average Bonchev–Trinajstić information content (AvgIpc) is 2.73. The molecule has 0 unspecified atom stereocenters. The molecule has 8 heteroatoms. The van der Waals surface area contributed by atoms with Crippen LogP contribution in [0.4, 0.5) is 0 Å². The van der Waals surface area contributed by atoms with Gasteiger partial charge in [0.2, 0.25) is 0 Å². The van der Waals surface area contributed by atoms with Crippen molar-refractivity contribution in [3.05, 3.63) is 56.0 Å². The van der Waals surface area contributed by atoms with Crippen molar-refractivity contribution in [1.82, 2.24) is 10.2 Å². The maximum absolute atomic E-state index is 6.08. The highest BCUT2D eigenvalue weighted by atomic mass is 79.9. The van der Waals surface area contributed by atoms with Crippen LogP contribution >= 0.6 is 39.1 Å². The normalized spacial score (nSPS) is 14.8. The van der Waals surface area contributed by atoms with Crippen molar-refractivity contribution in [1.29, 1.82) is 0 Å². The van der Waals surface area contributed by atoms with E-state index in [0.29, 0.717) is 28.2 Å². The Kier molecular flexibility index (Phi) is 8.90. The van der Waals surface area contributed by atoms with E-state index >= 15 is 0 Å². The van der Waals surface area contributed by atoms with E-state index < -0.39 is 0 Å². The highest BCUT2D eigenvalue weighted by Gasteiger charge is 2.13. The van der Waals surface area contributed by atoms with Crippen LogP contribution in [0.5, 0.6) is 11.5 Å². The molecule has 0 aliphatic carbocycles. The SMILES string of the molecule is COc1cc(CNCCN2CCOCC2)cc(Br)c1OCc1ccc(Cl)c(Cl)c1. The molecule has 29 heavy (non-hydrogen) atoms. The Bertz CT molecular complexity index is 817. The van der Waals surface area contributed by atoms with Gasteiger partial charge in [0.15, 0.2) is 11.5 Å². The van der Waals surface area contributed by atoms with Gasteiger partial charge in [0, 0.05) is 32.7 Å². The van der Waals surface area contributed by atoms with Gasteiger partial charge in [-0.1, -0.05) is 29.3 Å². The molecule has 5 nitrogen and oxygen atoms in total. The summed E-state index contributed by atoms with van der Waals surface area (Å²) in [5.74, 6) is 1.35. The number of nitrogens with zero attached hydrogens (tertiary/aromatic N) is 1. The minimum Gasteiger partial charge on any atom is -0.493 e. The molecule has 1 fully saturated rings. The van der Waals surface area contributed by atoms with Crippen molar-refractivity contribution in [2.75, 3.05) is 46.5 Å². The number of nitrogens with one attached hydrogen (secondary N) is 1. The van der Waals surface area contributed by atoms with Crippen LogP contribution in [0.25, 0.3) is 0 Å². The first kappa shape index (κ1) is 22.7. The number of hydrogen-bond acceptors (Lipinski definition) is 5. The summed E-state index contributed by atoms with van der Waals surface area (Å²) < 4.78 is 17.8. The van der Waals surface area contributed by atoms with Crippen LogP contribution in [0, 0.1) is 0 Å². The Morgan fingerprint density at radius 1 is 1.10 bits per heavy atom. The molecule has 2 aromatic rings. The van der Waals surface area contributed by atoms with Crippen molar-refractivity contribution in [3.8, 4) is 11.5 Å². The van der Waals surface area contributed by atoms with Crippen LogP contribution in [0.1, 0.15) is 11.1 Å². The zero-order chi connectivity index (χ0) is 20.6. The van der Waals surface area contributed by atoms with Crippen LogP contribution in [0.2, 0.25) is 10.0 Å². The Balaban J connectivity index is 1.55. The van der Waals surface area contributed by atoms with Gasteiger partial charge in [0.25, 0.3) is 0 Å². The van der Waals surface area contributed by atoms with E-state index in [-0.39, 0.29) is 0 Å². The van der Waals surface area contributed by atoms with Gasteiger partial charge in [-0.3, -0.25) is 4.90 Å². The predicted octanol–water partition coefficient (Wildman–Crippen LogP) is 4.77. The fraction of sp³-hybridized carbons (Fsp3) is 0.429. The number of rotatable bonds is 9. The van der Waals surface area contributed by atoms with Gasteiger partial charge in [0.1, 0.15) is 6.61 Å². The minimum atomic E-state index is 0.364. The largest absolute Gasteiger partial charge is 0.493 e. The number of benzene rings is 2. The van der Waals surface area contributed by atoms with Crippen molar-refractivity contribution in [2.45, 2.75) is 13.2 Å². The first-order valence-electron chi connectivity index (χ1n) is 9.51. The lowest BCUT2D eigenvalue weighted by atomic mass is 10.2. The Morgan fingerprint density at radius 3 is 2.62 bits per heavy atom. The quantitative estimate of drug-likeness (QED) is 0.499. The zero-order valence-electron chi connectivity index (χ0n) is 16.3. The zero-order valence-corrected chi connectivity index (χ0v) is 19.4. The number of hydrogen-bond donors (Lipinski definition) is 1. The summed E-state index contributed by atoms with van der Waals surface area (Å²) in [6, 6.07) is 9.50. The first-order valence-corrected chi connectivity index (χ1v) is 11.1. The van der Waals surface area contributed by atoms with E-state index in [0.717, 1.165) is 61.5 Å². The molecule has 3 rings (SSSR count). The molecule has 1 aliphatic rings. The van der Waals surface area contributed by atoms with E-state index in [1.807, 2.05) is 12.1 Å². The molecular formula is C21H25BrCl2N2O3. The summed E-state index contributed by atoms with van der Waals surface area (Å²) in [6.45, 7) is 6.73. The Labute approximate surface area is 190 Å². The van der Waals surface area contributed by atoms with Crippen LogP contribution in [-0.4, -0.2) is 51.4 Å². The maximum Gasteiger partial charge on any atom is 0.175 e. The predicted molar refractivity (Wildman–Crippen MR) is 120 cm³/mol. The number of ether oxygens (including phenoxy) is 3. The highest BCUT2D eigenvalue weighted by Crippen LogP contribution is 2.37. The summed E-state index contributed by atoms with van der Waals surface area (Å²) in [5, 5.41) is 4.53. The maximum atomic E-state index is 6.08. The first-order chi connectivity index (χ1) is 14.1. The summed E-state index contributed by atoms with van der Waals surface area (Å²) in [5.41, 5.74) is 2.06. The molecule has 1 heterocycles. The molecule has 158 valence electrons. The fourth-order valence-corrected chi connectivity index (χ4v) is 4.02. The average molecular weight is 504 g/mol. The van der Waals surface area contributed by atoms with Gasteiger partial charge in [-0.15, -0.1) is 0 Å². The summed E-state index contributed by atoms with van der Waals surface area (Å²) in [6.07, 6.45) is 0. The second-order valence-electron chi connectivity index (χ2n) is 6.78. The van der Waals surface area contributed by atoms with Crippen LogP contribution in [0.3, 0.4) is 0 Å². The molecule has 0 saturated carbocycles. The molecule has 0 spiro atoms. The topological polar surface area (TPSA) is 43.0 Å². The van der Waals surface area contributed by atoms with Crippen LogP contribution in [-0.2, 0) is 17.9 Å². The van der Waals surface area contributed by atoms with E-state index in [9.17, 15) is 0 Å². The summed E-state index contributed by atoms with van der Waals surface area (Å²) in [4.78, 5) is 2.41. The summed E-state index contributed by atoms with van der Waals surface area (Å²) >= 11 is 15.7. The van der Waals surface area contributed by atoms with Crippen molar-refractivity contribution in [2.24, 2.45) is 0 Å². The smallest absolute Gasteiger partial charge is 0.175 e. The van der Waals surface area contributed by atoms with E-state index in [1.165, 1.54) is 0 Å². The molecule has 0 amide bonds. The third-order valence-corrected chi connectivity index (χ3v) is 6.02. The molecule has 0 bridgehead atoms. The Hall–Kier alpha value is -1.02. The molecule has 1 N–H and O–H groups in total. The van der Waals surface area contributed by atoms with Crippen LogP contribution < -0.4 is 14.8 Å². The van der Waals surface area contributed by atoms with Gasteiger partial charge in [-0.05, 0) is 51.3 Å². The second-order valence-corrected chi connectivity index (χ2v) is 8.45. The van der Waals surface area contributed by atoms with Crippen molar-refractivity contribution >= 4 is 39.1 Å². The van der Waals surface area contributed by atoms with E-state index in [1.54, 1.807) is 19.2 Å². The monoisotopic (exact) mass is 502 g/mol. The van der Waals surface area contributed by atoms with Gasteiger partial charge < -0.3 is 19.5 Å². The number of morpholine rings is 1. The van der Waals surface area contributed by atoms with Gasteiger partial charge in [-0.25, -0.2) is 0 Å². The molecule has 1 saturated heterocycles. The fourth-order valence-electron chi connectivity index (χ4n) is 3.09. The Morgan fingerprint density at radius 2 is 1.90 bits per heavy atom. The molecular weight excluding hydrogens is 479 g/mol. The van der Waals surface area contributed by atoms with Crippen molar-refractivity contribution in [3.63, 3.8) is 0 Å². The standard InChI is InChI=1S/C21H25BrCl2N2O3/c1-27-20-12-16(13-25-4-5-26-6-8-28-9-7-26)10-17(22)21(20)29-14-15-2-3-18(23)19(24)11-15/h2-3,10-12,25H,4-9,13-14H2,1H3. The lowest BCUT2D eigenvalue weighted by Gasteiger charge is -2.26. The lowest BCUT2D eigenvalue weighted by Crippen LogP contribution is -2.40. The molecule has 2 aromatic carbocycles. The lowest BCUT2D eigenvalue weighted by molar-refractivity contribution is 0.0384. The van der Waals surface area contributed by atoms with E-state index in [2.05, 4.69) is 32.2 Å². The minimum absolute atomic E-state index is 0.364. The third-order valence-electron chi connectivity index (χ3n) is 4.69. The number of halogens is 3. The molecule has 0 aromatic heterocycles. The van der Waals surface area contributed by atoms with Gasteiger partial charge >= 0.3 is 0 Å². The van der Waals surface area contributed by atoms with E-state index in [4.69, 9.17) is 37.4 Å². The molecule has 1 aliphatic heterocycles. The van der Waals surface area contributed by atoms with Crippen molar-refractivity contribution < 1.29 is 14.2 Å². The summed E-state index contributed by atoms with van der Waals surface area (Å²) in [7, 11) is 1.64. The van der Waals surface area contributed by atoms with Gasteiger partial charge in [0.05, 0.1) is 34.8 Å². The van der Waals surface area contributed by atoms with Gasteiger partial charge in [-0.2, -0.15) is 0 Å². The molecule has 0 radical (unpaired) electrons. The second kappa shape index (κ2) is 11.4.